The van der Waals surface area contributed by atoms with E-state index in [1.807, 2.05) is 30.3 Å². The molecule has 1 aliphatic carbocycles. The van der Waals surface area contributed by atoms with Crippen molar-refractivity contribution < 1.29 is 9.53 Å². The minimum absolute atomic E-state index is 0. The van der Waals surface area contributed by atoms with Crippen LogP contribution in [0.2, 0.25) is 0 Å². The van der Waals surface area contributed by atoms with Crippen LogP contribution in [0.5, 0.6) is 0 Å². The molecule has 0 aliphatic heterocycles. The predicted octanol–water partition coefficient (Wildman–Crippen LogP) is 2.07. The first-order valence-corrected chi connectivity index (χ1v) is 5.75. The molecule has 1 aliphatic rings. The number of carbonyl (C=O) groups excluding carboxylic acids is 1. The monoisotopic (exact) mass is 255 g/mol. The van der Waals surface area contributed by atoms with Gasteiger partial charge in [0.25, 0.3) is 0 Å². The Morgan fingerprint density at radius 1 is 1.35 bits per heavy atom. The number of nitrogens with two attached hydrogens (primary N) is 1. The number of hydrogen-bond donors (Lipinski definition) is 1. The van der Waals surface area contributed by atoms with Crippen LogP contribution in [0.15, 0.2) is 30.3 Å². The number of ether oxygens (including phenoxy) is 1. The fourth-order valence-corrected chi connectivity index (χ4v) is 1.69. The van der Waals surface area contributed by atoms with E-state index < -0.39 is 6.04 Å². The lowest BCUT2D eigenvalue weighted by molar-refractivity contribution is -0.154. The van der Waals surface area contributed by atoms with Gasteiger partial charge in [0.2, 0.25) is 0 Å². The summed E-state index contributed by atoms with van der Waals surface area (Å²) >= 11 is 0. The lowest BCUT2D eigenvalue weighted by atomic mass is 9.96. The van der Waals surface area contributed by atoms with E-state index in [9.17, 15) is 4.79 Å². The third kappa shape index (κ3) is 4.02. The Bertz CT molecular complexity index is 352. The molecule has 0 saturated heterocycles. The first-order valence-electron chi connectivity index (χ1n) is 5.75. The molecule has 3 nitrogen and oxygen atoms in total. The highest BCUT2D eigenvalue weighted by atomic mass is 35.5. The zero-order valence-corrected chi connectivity index (χ0v) is 10.5. The van der Waals surface area contributed by atoms with Gasteiger partial charge in [0, 0.05) is 0 Å². The third-order valence-corrected chi connectivity index (χ3v) is 2.94. The highest BCUT2D eigenvalue weighted by Crippen LogP contribution is 2.22. The summed E-state index contributed by atoms with van der Waals surface area (Å²) in [4.78, 5) is 11.6. The van der Waals surface area contributed by atoms with Gasteiger partial charge in [-0.15, -0.1) is 12.4 Å². The second-order valence-electron chi connectivity index (χ2n) is 4.29. The molecule has 1 atom stereocenters. The second-order valence-corrected chi connectivity index (χ2v) is 4.29. The van der Waals surface area contributed by atoms with Gasteiger partial charge in [-0.1, -0.05) is 30.3 Å². The SMILES string of the molecule is Cl.NC(Cc1ccccc1)C(=O)OC1CCC1. The van der Waals surface area contributed by atoms with Crippen LogP contribution in [0.1, 0.15) is 24.8 Å². The first-order chi connectivity index (χ1) is 7.75. The molecular formula is C13H18ClNO2. The molecule has 1 aromatic rings. The number of halogens is 1. The minimum atomic E-state index is -0.539. The van der Waals surface area contributed by atoms with Crippen molar-refractivity contribution in [2.75, 3.05) is 0 Å². The summed E-state index contributed by atoms with van der Waals surface area (Å²) < 4.78 is 5.26. The highest BCUT2D eigenvalue weighted by molar-refractivity contribution is 5.85. The van der Waals surface area contributed by atoms with Crippen molar-refractivity contribution in [3.63, 3.8) is 0 Å². The van der Waals surface area contributed by atoms with Crippen LogP contribution in [0.3, 0.4) is 0 Å². The van der Waals surface area contributed by atoms with Crippen molar-refractivity contribution >= 4 is 18.4 Å². The standard InChI is InChI=1S/C13H17NO2.ClH/c14-12(9-10-5-2-1-3-6-10)13(15)16-11-7-4-8-11;/h1-3,5-6,11-12H,4,7-9,14H2;1H. The van der Waals surface area contributed by atoms with Crippen molar-refractivity contribution in [2.45, 2.75) is 37.8 Å². The summed E-state index contributed by atoms with van der Waals surface area (Å²) in [7, 11) is 0. The topological polar surface area (TPSA) is 52.3 Å². The molecule has 1 fully saturated rings. The van der Waals surface area contributed by atoms with Crippen LogP contribution in [0.25, 0.3) is 0 Å². The van der Waals surface area contributed by atoms with E-state index in [2.05, 4.69) is 0 Å². The molecule has 0 aromatic heterocycles. The van der Waals surface area contributed by atoms with Gasteiger partial charge in [-0.3, -0.25) is 4.79 Å². The Balaban J connectivity index is 0.00000144. The van der Waals surface area contributed by atoms with Gasteiger partial charge >= 0.3 is 5.97 Å². The van der Waals surface area contributed by atoms with Crippen LogP contribution in [-0.2, 0) is 16.0 Å². The van der Waals surface area contributed by atoms with E-state index in [0.717, 1.165) is 24.8 Å². The summed E-state index contributed by atoms with van der Waals surface area (Å²) in [6, 6.07) is 9.23. The molecule has 2 rings (SSSR count). The molecule has 0 spiro atoms. The third-order valence-electron chi connectivity index (χ3n) is 2.94. The number of esters is 1. The Morgan fingerprint density at radius 3 is 2.53 bits per heavy atom. The average Bonchev–Trinajstić information content (AvgIpc) is 2.24. The van der Waals surface area contributed by atoms with Gasteiger partial charge in [0.05, 0.1) is 0 Å². The van der Waals surface area contributed by atoms with Crippen LogP contribution in [-0.4, -0.2) is 18.1 Å². The van der Waals surface area contributed by atoms with Crippen LogP contribution in [0, 0.1) is 0 Å². The van der Waals surface area contributed by atoms with Gasteiger partial charge in [-0.25, -0.2) is 0 Å². The van der Waals surface area contributed by atoms with Crippen molar-refractivity contribution in [3.05, 3.63) is 35.9 Å². The molecule has 2 N–H and O–H groups in total. The number of benzene rings is 1. The molecule has 1 aromatic carbocycles. The second kappa shape index (κ2) is 6.62. The molecule has 0 heterocycles. The maximum absolute atomic E-state index is 11.6. The Kier molecular flexibility index (Phi) is 5.45. The molecule has 0 amide bonds. The normalized spacial score (nSPS) is 16.5. The Labute approximate surface area is 108 Å². The molecule has 1 unspecified atom stereocenters. The van der Waals surface area contributed by atoms with E-state index >= 15 is 0 Å². The smallest absolute Gasteiger partial charge is 0.323 e. The van der Waals surface area contributed by atoms with E-state index in [-0.39, 0.29) is 24.5 Å². The van der Waals surface area contributed by atoms with Crippen molar-refractivity contribution in [1.29, 1.82) is 0 Å². The summed E-state index contributed by atoms with van der Waals surface area (Å²) in [6.07, 6.45) is 3.81. The highest BCUT2D eigenvalue weighted by Gasteiger charge is 2.24. The number of rotatable bonds is 4. The van der Waals surface area contributed by atoms with Crippen LogP contribution in [0.4, 0.5) is 0 Å². The zero-order valence-electron chi connectivity index (χ0n) is 9.67. The van der Waals surface area contributed by atoms with E-state index in [4.69, 9.17) is 10.5 Å². The molecule has 0 radical (unpaired) electrons. The predicted molar refractivity (Wildman–Crippen MR) is 69.1 cm³/mol. The van der Waals surface area contributed by atoms with Gasteiger partial charge in [0.15, 0.2) is 0 Å². The lowest BCUT2D eigenvalue weighted by Crippen LogP contribution is -2.38. The first kappa shape index (κ1) is 14.0. The Hall–Kier alpha value is -1.06. The maximum atomic E-state index is 11.6. The molecule has 17 heavy (non-hydrogen) atoms. The van der Waals surface area contributed by atoms with Crippen LogP contribution >= 0.6 is 12.4 Å². The lowest BCUT2D eigenvalue weighted by Gasteiger charge is -2.26. The van der Waals surface area contributed by atoms with Gasteiger partial charge in [0.1, 0.15) is 12.1 Å². The van der Waals surface area contributed by atoms with E-state index in [1.54, 1.807) is 0 Å². The quantitative estimate of drug-likeness (QED) is 0.838. The Morgan fingerprint density at radius 2 is 2.00 bits per heavy atom. The molecule has 94 valence electrons. The summed E-state index contributed by atoms with van der Waals surface area (Å²) in [6.45, 7) is 0. The van der Waals surface area contributed by atoms with Gasteiger partial charge in [-0.2, -0.15) is 0 Å². The summed E-state index contributed by atoms with van der Waals surface area (Å²) in [5, 5.41) is 0. The minimum Gasteiger partial charge on any atom is -0.461 e. The molecular weight excluding hydrogens is 238 g/mol. The molecule has 1 saturated carbocycles. The summed E-state index contributed by atoms with van der Waals surface area (Å²) in [5.41, 5.74) is 6.87. The van der Waals surface area contributed by atoms with E-state index in [0.29, 0.717) is 6.42 Å². The zero-order chi connectivity index (χ0) is 11.4. The van der Waals surface area contributed by atoms with Gasteiger partial charge < -0.3 is 10.5 Å². The molecule has 4 heteroatoms. The van der Waals surface area contributed by atoms with Crippen molar-refractivity contribution in [2.24, 2.45) is 5.73 Å². The van der Waals surface area contributed by atoms with E-state index in [1.165, 1.54) is 0 Å². The fourth-order valence-electron chi connectivity index (χ4n) is 1.69. The fraction of sp³-hybridized carbons (Fsp3) is 0.462. The average molecular weight is 256 g/mol. The van der Waals surface area contributed by atoms with Crippen molar-refractivity contribution in [1.82, 2.24) is 0 Å². The van der Waals surface area contributed by atoms with Crippen molar-refractivity contribution in [3.8, 4) is 0 Å². The largest absolute Gasteiger partial charge is 0.461 e. The number of hydrogen-bond acceptors (Lipinski definition) is 3. The summed E-state index contributed by atoms with van der Waals surface area (Å²) in [5.74, 6) is -0.270. The number of carbonyl (C=O) groups is 1. The van der Waals surface area contributed by atoms with Crippen LogP contribution < -0.4 is 5.73 Å². The van der Waals surface area contributed by atoms with Gasteiger partial charge in [-0.05, 0) is 31.2 Å². The molecule has 0 bridgehead atoms. The maximum Gasteiger partial charge on any atom is 0.323 e.